The van der Waals surface area contributed by atoms with Crippen LogP contribution in [0.1, 0.15) is 42.3 Å². The summed E-state index contributed by atoms with van der Waals surface area (Å²) in [4.78, 5) is 17.2. The first kappa shape index (κ1) is 21.7. The van der Waals surface area contributed by atoms with Crippen molar-refractivity contribution >= 4 is 40.0 Å². The summed E-state index contributed by atoms with van der Waals surface area (Å²) in [6, 6.07) is 21.0. The number of hydrogen-bond acceptors (Lipinski definition) is 4. The lowest BCUT2D eigenvalue weighted by molar-refractivity contribution is 0.0977. The number of benzene rings is 3. The highest BCUT2D eigenvalue weighted by Crippen LogP contribution is 2.30. The smallest absolute Gasteiger partial charge is 0.257 e. The summed E-state index contributed by atoms with van der Waals surface area (Å²) < 4.78 is 5.91. The maximum atomic E-state index is 12.6. The maximum Gasteiger partial charge on any atom is 0.257 e. The van der Waals surface area contributed by atoms with Gasteiger partial charge in [-0.25, -0.2) is 4.98 Å². The number of oxazole rings is 1. The van der Waals surface area contributed by atoms with Crippen molar-refractivity contribution in [2.24, 2.45) is 0 Å². The predicted molar refractivity (Wildman–Crippen MR) is 133 cm³/mol. The molecule has 0 saturated carbocycles. The van der Waals surface area contributed by atoms with Crippen molar-refractivity contribution in [1.29, 1.82) is 0 Å². The van der Waals surface area contributed by atoms with Crippen LogP contribution in [-0.4, -0.2) is 16.0 Å². The Morgan fingerprint density at radius 2 is 1.69 bits per heavy atom. The first-order valence-corrected chi connectivity index (χ1v) is 10.8. The van der Waals surface area contributed by atoms with Crippen molar-refractivity contribution < 1.29 is 9.21 Å². The molecule has 1 amide bonds. The largest absolute Gasteiger partial charge is 0.436 e. The van der Waals surface area contributed by atoms with Crippen molar-refractivity contribution in [2.75, 3.05) is 5.32 Å². The number of carbonyl (C=O) groups is 1. The summed E-state index contributed by atoms with van der Waals surface area (Å²) >= 11 is 5.39. The van der Waals surface area contributed by atoms with Crippen LogP contribution in [0.3, 0.4) is 0 Å². The molecule has 0 unspecified atom stereocenters. The summed E-state index contributed by atoms with van der Waals surface area (Å²) in [6.07, 6.45) is 0. The van der Waals surface area contributed by atoms with E-state index in [2.05, 4.69) is 36.4 Å². The van der Waals surface area contributed by atoms with E-state index in [9.17, 15) is 4.79 Å². The van der Waals surface area contributed by atoms with Crippen LogP contribution in [0.4, 0.5) is 5.69 Å². The molecule has 0 aliphatic rings. The van der Waals surface area contributed by atoms with Crippen LogP contribution < -0.4 is 10.6 Å². The molecular weight excluding hydrogens is 418 g/mol. The van der Waals surface area contributed by atoms with Gasteiger partial charge < -0.3 is 9.73 Å². The third kappa shape index (κ3) is 4.55. The lowest BCUT2D eigenvalue weighted by atomic mass is 9.87. The molecule has 0 aliphatic carbocycles. The van der Waals surface area contributed by atoms with Gasteiger partial charge in [-0.2, -0.15) is 0 Å². The van der Waals surface area contributed by atoms with Crippen LogP contribution in [0.2, 0.25) is 0 Å². The number of amides is 1. The molecule has 0 aliphatic heterocycles. The Morgan fingerprint density at radius 3 is 2.38 bits per heavy atom. The number of carbonyl (C=O) groups excluding carboxylic acids is 1. The highest BCUT2D eigenvalue weighted by atomic mass is 32.1. The molecule has 162 valence electrons. The molecule has 1 aromatic heterocycles. The van der Waals surface area contributed by atoms with Crippen LogP contribution in [0.5, 0.6) is 0 Å². The van der Waals surface area contributed by atoms with E-state index in [4.69, 9.17) is 16.6 Å². The second-order valence-electron chi connectivity index (χ2n) is 8.70. The number of aromatic nitrogens is 1. The summed E-state index contributed by atoms with van der Waals surface area (Å²) in [5.74, 6) is 0.289. The first-order chi connectivity index (χ1) is 15.2. The Bertz CT molecular complexity index is 1270. The van der Waals surface area contributed by atoms with Gasteiger partial charge in [0.1, 0.15) is 5.52 Å². The number of para-hydroxylation sites is 2. The minimum absolute atomic E-state index is 0.0309. The lowest BCUT2D eigenvalue weighted by Crippen LogP contribution is -2.34. The van der Waals surface area contributed by atoms with E-state index in [0.29, 0.717) is 11.5 Å². The van der Waals surface area contributed by atoms with Gasteiger partial charge in [0, 0.05) is 16.8 Å². The second-order valence-corrected chi connectivity index (χ2v) is 9.11. The second kappa shape index (κ2) is 8.55. The normalized spacial score (nSPS) is 11.4. The Balaban J connectivity index is 1.49. The Labute approximate surface area is 192 Å². The van der Waals surface area contributed by atoms with Crippen molar-refractivity contribution in [3.05, 3.63) is 83.4 Å². The van der Waals surface area contributed by atoms with Gasteiger partial charge in [-0.05, 0) is 72.1 Å². The summed E-state index contributed by atoms with van der Waals surface area (Å²) in [7, 11) is 0. The van der Waals surface area contributed by atoms with Gasteiger partial charge in [-0.1, -0.05) is 51.1 Å². The fourth-order valence-corrected chi connectivity index (χ4v) is 3.64. The van der Waals surface area contributed by atoms with Crippen LogP contribution in [0.15, 0.2) is 71.1 Å². The zero-order valence-corrected chi connectivity index (χ0v) is 19.3. The molecule has 6 heteroatoms. The van der Waals surface area contributed by atoms with Gasteiger partial charge in [0.05, 0.1) is 0 Å². The molecule has 0 radical (unpaired) electrons. The Hall–Kier alpha value is -3.51. The minimum Gasteiger partial charge on any atom is -0.436 e. The minimum atomic E-state index is -0.254. The zero-order valence-electron chi connectivity index (χ0n) is 18.5. The molecule has 0 saturated heterocycles. The van der Waals surface area contributed by atoms with Gasteiger partial charge in [0.25, 0.3) is 5.91 Å². The third-order valence-electron chi connectivity index (χ3n) is 5.35. The zero-order chi connectivity index (χ0) is 22.9. The predicted octanol–water partition coefficient (Wildman–Crippen LogP) is 6.23. The number of thiocarbonyl (C=S) groups is 1. The Kier molecular flexibility index (Phi) is 5.80. The molecule has 0 atom stereocenters. The summed E-state index contributed by atoms with van der Waals surface area (Å²) in [5, 5.41) is 6.10. The Morgan fingerprint density at radius 1 is 0.969 bits per heavy atom. The summed E-state index contributed by atoms with van der Waals surface area (Å²) in [5.41, 5.74) is 5.85. The van der Waals surface area contributed by atoms with Crippen LogP contribution in [0.25, 0.3) is 22.6 Å². The van der Waals surface area contributed by atoms with E-state index in [1.807, 2.05) is 73.7 Å². The average Bonchev–Trinajstić information content (AvgIpc) is 3.18. The molecule has 3 aromatic carbocycles. The third-order valence-corrected chi connectivity index (χ3v) is 5.55. The number of hydrogen-bond donors (Lipinski definition) is 2. The van der Waals surface area contributed by atoms with E-state index >= 15 is 0 Å². The first-order valence-electron chi connectivity index (χ1n) is 10.4. The quantitative estimate of drug-likeness (QED) is 0.368. The van der Waals surface area contributed by atoms with Crippen molar-refractivity contribution in [2.45, 2.75) is 33.1 Å². The molecule has 1 heterocycles. The van der Waals surface area contributed by atoms with E-state index in [0.717, 1.165) is 27.9 Å². The van der Waals surface area contributed by atoms with E-state index in [1.54, 1.807) is 0 Å². The van der Waals surface area contributed by atoms with Crippen LogP contribution in [0, 0.1) is 6.92 Å². The molecule has 32 heavy (non-hydrogen) atoms. The highest BCUT2D eigenvalue weighted by Gasteiger charge is 2.16. The maximum absolute atomic E-state index is 12.6. The van der Waals surface area contributed by atoms with Crippen molar-refractivity contribution in [3.63, 3.8) is 0 Å². The van der Waals surface area contributed by atoms with E-state index in [1.165, 1.54) is 5.56 Å². The molecule has 0 bridgehead atoms. The van der Waals surface area contributed by atoms with Crippen molar-refractivity contribution in [1.82, 2.24) is 10.3 Å². The van der Waals surface area contributed by atoms with Gasteiger partial charge in [0.15, 0.2) is 10.7 Å². The fourth-order valence-electron chi connectivity index (χ4n) is 3.44. The van der Waals surface area contributed by atoms with Crippen molar-refractivity contribution in [3.8, 4) is 11.5 Å². The fraction of sp³-hybridized carbons (Fsp3) is 0.192. The molecule has 4 aromatic rings. The van der Waals surface area contributed by atoms with Gasteiger partial charge in [-0.3, -0.25) is 10.1 Å². The number of nitrogens with one attached hydrogen (secondary N) is 2. The average molecular weight is 444 g/mol. The molecule has 5 nitrogen and oxygen atoms in total. The molecule has 0 spiro atoms. The SMILES string of the molecule is Cc1c(NC(=S)NC(=O)c2ccc(C(C)(C)C)cc2)cccc1-c1nc2ccccc2o1. The molecule has 4 rings (SSSR count). The number of nitrogens with zero attached hydrogens (tertiary/aromatic N) is 1. The summed E-state index contributed by atoms with van der Waals surface area (Å²) in [6.45, 7) is 8.37. The van der Waals surface area contributed by atoms with E-state index < -0.39 is 0 Å². The van der Waals surface area contributed by atoms with Gasteiger partial charge in [0.2, 0.25) is 5.89 Å². The van der Waals surface area contributed by atoms with Gasteiger partial charge >= 0.3 is 0 Å². The van der Waals surface area contributed by atoms with Gasteiger partial charge in [-0.15, -0.1) is 0 Å². The standard InChI is InChI=1S/C26H25N3O2S/c1-16-19(24-27-21-9-5-6-11-22(21)31-24)8-7-10-20(16)28-25(32)29-23(30)17-12-14-18(15-13-17)26(2,3)4/h5-15H,1-4H3,(H2,28,29,30,32). The monoisotopic (exact) mass is 443 g/mol. The highest BCUT2D eigenvalue weighted by molar-refractivity contribution is 7.80. The molecular formula is C26H25N3O2S. The van der Waals surface area contributed by atoms with E-state index in [-0.39, 0.29) is 16.4 Å². The molecule has 2 N–H and O–H groups in total. The van der Waals surface area contributed by atoms with Crippen LogP contribution in [-0.2, 0) is 5.41 Å². The van der Waals surface area contributed by atoms with Crippen LogP contribution >= 0.6 is 12.2 Å². The number of rotatable bonds is 3. The number of fused-ring (bicyclic) bond motifs is 1. The topological polar surface area (TPSA) is 67.2 Å². The lowest BCUT2D eigenvalue weighted by Gasteiger charge is -2.19. The number of anilines is 1. The molecule has 0 fully saturated rings.